The van der Waals surface area contributed by atoms with Crippen LogP contribution in [0, 0.1) is 0 Å². The van der Waals surface area contributed by atoms with Gasteiger partial charge in [-0.1, -0.05) is 12.1 Å². The molecule has 1 atom stereocenters. The highest BCUT2D eigenvalue weighted by atomic mass is 16.5. The van der Waals surface area contributed by atoms with Gasteiger partial charge in [0.2, 0.25) is 5.43 Å². The number of nitrogens with one attached hydrogen (secondary N) is 1. The summed E-state index contributed by atoms with van der Waals surface area (Å²) in [5, 5.41) is 3.36. The molecule has 0 saturated carbocycles. The largest absolute Gasteiger partial charge is 0.497 e. The Morgan fingerprint density at radius 1 is 1.19 bits per heavy atom. The van der Waals surface area contributed by atoms with Gasteiger partial charge in [0.15, 0.2) is 0 Å². The van der Waals surface area contributed by atoms with Crippen molar-refractivity contribution in [3.63, 3.8) is 0 Å². The van der Waals surface area contributed by atoms with Gasteiger partial charge in [0, 0.05) is 23.7 Å². The van der Waals surface area contributed by atoms with Gasteiger partial charge in [0.05, 0.1) is 25.4 Å². The molecule has 0 radical (unpaired) electrons. The van der Waals surface area contributed by atoms with E-state index >= 15 is 0 Å². The molecule has 6 heteroatoms. The van der Waals surface area contributed by atoms with Crippen LogP contribution in [0.2, 0.25) is 0 Å². The second kappa shape index (κ2) is 6.46. The molecule has 6 nitrogen and oxygen atoms in total. The highest BCUT2D eigenvalue weighted by Gasteiger charge is 2.24. The molecule has 2 heterocycles. The van der Waals surface area contributed by atoms with E-state index in [0.29, 0.717) is 22.6 Å². The lowest BCUT2D eigenvalue weighted by atomic mass is 10.1. The van der Waals surface area contributed by atoms with Crippen LogP contribution in [0.4, 0.5) is 5.69 Å². The summed E-state index contributed by atoms with van der Waals surface area (Å²) in [6.07, 6.45) is 2.51. The molecule has 2 aromatic carbocycles. The Labute approximate surface area is 156 Å². The normalized spacial score (nSPS) is 15.0. The van der Waals surface area contributed by atoms with Gasteiger partial charge in [-0.25, -0.2) is 0 Å². The highest BCUT2D eigenvalue weighted by molar-refractivity contribution is 6.06. The van der Waals surface area contributed by atoms with Crippen LogP contribution in [0.5, 0.6) is 11.5 Å². The lowest BCUT2D eigenvalue weighted by molar-refractivity contribution is 0.102. The molecule has 1 aliphatic heterocycles. The number of para-hydroxylation sites is 1. The Morgan fingerprint density at radius 2 is 2.00 bits per heavy atom. The Balaban J connectivity index is 1.80. The van der Waals surface area contributed by atoms with Crippen LogP contribution >= 0.6 is 0 Å². The molecule has 1 aromatic heterocycles. The van der Waals surface area contributed by atoms with E-state index in [1.807, 2.05) is 16.7 Å². The van der Waals surface area contributed by atoms with E-state index in [1.54, 1.807) is 37.6 Å². The number of nitrogens with zero attached hydrogens (tertiary/aromatic N) is 1. The monoisotopic (exact) mass is 364 g/mol. The predicted octanol–water partition coefficient (Wildman–Crippen LogP) is 3.39. The van der Waals surface area contributed by atoms with Crippen molar-refractivity contribution in [3.8, 4) is 11.5 Å². The first-order valence-electron chi connectivity index (χ1n) is 8.73. The smallest absolute Gasteiger partial charge is 0.261 e. The quantitative estimate of drug-likeness (QED) is 0.770. The Bertz CT molecular complexity index is 1120. The standard InChI is InChI=1S/C21H20N2O4/c1-12-9-13-5-4-6-15-19(13)23(12)11-16(20(15)24)21(25)22-17-10-14(26-2)7-8-18(17)27-3/h4-8,10-12H,9H2,1-3H3,(H,22,25). The van der Waals surface area contributed by atoms with Crippen molar-refractivity contribution in [2.45, 2.75) is 19.4 Å². The van der Waals surface area contributed by atoms with Crippen molar-refractivity contribution in [2.24, 2.45) is 0 Å². The predicted molar refractivity (Wildman–Crippen MR) is 104 cm³/mol. The van der Waals surface area contributed by atoms with Gasteiger partial charge in [0.25, 0.3) is 5.91 Å². The van der Waals surface area contributed by atoms with E-state index in [4.69, 9.17) is 9.47 Å². The molecular formula is C21H20N2O4. The fourth-order valence-electron chi connectivity index (χ4n) is 3.68. The van der Waals surface area contributed by atoms with E-state index in [-0.39, 0.29) is 17.0 Å². The maximum Gasteiger partial charge on any atom is 0.261 e. The number of benzene rings is 2. The topological polar surface area (TPSA) is 69.6 Å². The maximum absolute atomic E-state index is 12.9. The summed E-state index contributed by atoms with van der Waals surface area (Å²) in [5.41, 5.74) is 2.35. The first-order chi connectivity index (χ1) is 13.0. The lowest BCUT2D eigenvalue weighted by Crippen LogP contribution is -2.24. The number of aromatic nitrogens is 1. The molecule has 1 amide bonds. The zero-order valence-corrected chi connectivity index (χ0v) is 15.4. The van der Waals surface area contributed by atoms with Crippen LogP contribution in [0.25, 0.3) is 10.9 Å². The number of amides is 1. The van der Waals surface area contributed by atoms with Crippen molar-refractivity contribution >= 4 is 22.5 Å². The third-order valence-electron chi connectivity index (χ3n) is 5.02. The summed E-state index contributed by atoms with van der Waals surface area (Å²) in [6.45, 7) is 2.08. The summed E-state index contributed by atoms with van der Waals surface area (Å²) in [4.78, 5) is 25.9. The van der Waals surface area contributed by atoms with Crippen molar-refractivity contribution < 1.29 is 14.3 Å². The summed E-state index contributed by atoms with van der Waals surface area (Å²) >= 11 is 0. The number of hydrogen-bond acceptors (Lipinski definition) is 4. The highest BCUT2D eigenvalue weighted by Crippen LogP contribution is 2.32. The van der Waals surface area contributed by atoms with Gasteiger partial charge in [0.1, 0.15) is 17.1 Å². The van der Waals surface area contributed by atoms with E-state index in [9.17, 15) is 9.59 Å². The van der Waals surface area contributed by atoms with Crippen LogP contribution in [0.1, 0.15) is 28.9 Å². The van der Waals surface area contributed by atoms with Crippen LogP contribution in [-0.4, -0.2) is 24.7 Å². The minimum Gasteiger partial charge on any atom is -0.497 e. The zero-order valence-electron chi connectivity index (χ0n) is 15.4. The number of anilines is 1. The fraction of sp³-hybridized carbons (Fsp3) is 0.238. The summed E-state index contributed by atoms with van der Waals surface area (Å²) in [5.74, 6) is 0.602. The molecule has 138 valence electrons. The molecule has 1 aliphatic rings. The van der Waals surface area contributed by atoms with Crippen molar-refractivity contribution in [1.82, 2.24) is 4.57 Å². The number of pyridine rings is 1. The average molecular weight is 364 g/mol. The van der Waals surface area contributed by atoms with Crippen molar-refractivity contribution in [2.75, 3.05) is 19.5 Å². The van der Waals surface area contributed by atoms with Crippen molar-refractivity contribution in [1.29, 1.82) is 0 Å². The zero-order chi connectivity index (χ0) is 19.1. The van der Waals surface area contributed by atoms with Gasteiger partial charge in [-0.3, -0.25) is 9.59 Å². The van der Waals surface area contributed by atoms with E-state index in [2.05, 4.69) is 12.2 Å². The summed E-state index contributed by atoms with van der Waals surface area (Å²) in [7, 11) is 3.07. The second-order valence-electron chi connectivity index (χ2n) is 6.67. The summed E-state index contributed by atoms with van der Waals surface area (Å²) < 4.78 is 12.5. The number of ether oxygens (including phenoxy) is 2. The van der Waals surface area contributed by atoms with E-state index in [1.165, 1.54) is 7.11 Å². The lowest BCUT2D eigenvalue weighted by Gasteiger charge is -2.14. The number of carbonyl (C=O) groups is 1. The Morgan fingerprint density at radius 3 is 2.74 bits per heavy atom. The summed E-state index contributed by atoms with van der Waals surface area (Å²) in [6, 6.07) is 11.0. The van der Waals surface area contributed by atoms with Crippen LogP contribution in [-0.2, 0) is 6.42 Å². The molecule has 27 heavy (non-hydrogen) atoms. The number of rotatable bonds is 4. The first kappa shape index (κ1) is 17.1. The average Bonchev–Trinajstić information content (AvgIpc) is 3.00. The molecular weight excluding hydrogens is 344 g/mol. The number of methoxy groups -OCH3 is 2. The minimum absolute atomic E-state index is 0.110. The Kier molecular flexibility index (Phi) is 4.11. The molecule has 0 fully saturated rings. The van der Waals surface area contributed by atoms with Crippen LogP contribution in [0.15, 0.2) is 47.4 Å². The van der Waals surface area contributed by atoms with Gasteiger partial charge in [-0.05, 0) is 37.1 Å². The molecule has 4 rings (SSSR count). The SMILES string of the molecule is COc1ccc(OC)c(NC(=O)c2cn3c4c(cccc4c2=O)CC3C)c1. The minimum atomic E-state index is -0.471. The molecule has 0 saturated heterocycles. The van der Waals surface area contributed by atoms with Gasteiger partial charge >= 0.3 is 0 Å². The van der Waals surface area contributed by atoms with Crippen LogP contribution in [0.3, 0.4) is 0 Å². The fourth-order valence-corrected chi connectivity index (χ4v) is 3.68. The molecule has 3 aromatic rings. The molecule has 1 unspecified atom stereocenters. The Hall–Kier alpha value is -3.28. The van der Waals surface area contributed by atoms with E-state index < -0.39 is 5.91 Å². The molecule has 0 bridgehead atoms. The molecule has 0 aliphatic carbocycles. The molecule has 1 N–H and O–H groups in total. The van der Waals surface area contributed by atoms with Gasteiger partial charge in [-0.15, -0.1) is 0 Å². The second-order valence-corrected chi connectivity index (χ2v) is 6.67. The maximum atomic E-state index is 12.9. The van der Waals surface area contributed by atoms with Gasteiger partial charge in [-0.2, -0.15) is 0 Å². The van der Waals surface area contributed by atoms with Gasteiger partial charge < -0.3 is 19.4 Å². The third kappa shape index (κ3) is 2.73. The molecule has 0 spiro atoms. The van der Waals surface area contributed by atoms with E-state index in [0.717, 1.165) is 17.5 Å². The van der Waals surface area contributed by atoms with Crippen LogP contribution < -0.4 is 20.2 Å². The number of carbonyl (C=O) groups excluding carboxylic acids is 1. The number of hydrogen-bond donors (Lipinski definition) is 1. The van der Waals surface area contributed by atoms with Crippen molar-refractivity contribution in [3.05, 3.63) is 63.9 Å². The third-order valence-corrected chi connectivity index (χ3v) is 5.02. The first-order valence-corrected chi connectivity index (χ1v) is 8.73.